The molecule has 5 heteroatoms. The fourth-order valence-corrected chi connectivity index (χ4v) is 3.36. The van der Waals surface area contributed by atoms with Gasteiger partial charge in [0.15, 0.2) is 0 Å². The number of rotatable bonds is 4. The van der Waals surface area contributed by atoms with Crippen LogP contribution in [0.3, 0.4) is 0 Å². The monoisotopic (exact) mass is 270 g/mol. The van der Waals surface area contributed by atoms with Crippen molar-refractivity contribution in [1.29, 1.82) is 0 Å². The summed E-state index contributed by atoms with van der Waals surface area (Å²) in [5, 5.41) is 3.32. The largest absolute Gasteiger partial charge is 0.384 e. The molecule has 0 saturated carbocycles. The average molecular weight is 270 g/mol. The molecule has 5 nitrogen and oxygen atoms in total. The maximum absolute atomic E-state index is 12.9. The van der Waals surface area contributed by atoms with Crippen LogP contribution in [0.5, 0.6) is 0 Å². The van der Waals surface area contributed by atoms with Gasteiger partial charge in [0.05, 0.1) is 24.2 Å². The third-order valence-electron chi connectivity index (χ3n) is 4.59. The van der Waals surface area contributed by atoms with E-state index in [0.29, 0.717) is 6.61 Å². The molecule has 110 valence electrons. The van der Waals surface area contributed by atoms with Crippen LogP contribution in [0.4, 0.5) is 0 Å². The molecule has 2 fully saturated rings. The fourth-order valence-electron chi connectivity index (χ4n) is 3.36. The number of hydrogen-bond acceptors (Lipinski definition) is 4. The lowest BCUT2D eigenvalue weighted by Gasteiger charge is -2.40. The van der Waals surface area contributed by atoms with E-state index in [-0.39, 0.29) is 23.5 Å². The summed E-state index contributed by atoms with van der Waals surface area (Å²) in [7, 11) is 3.59. The van der Waals surface area contributed by atoms with Crippen LogP contribution >= 0.6 is 0 Å². The summed E-state index contributed by atoms with van der Waals surface area (Å²) >= 11 is 0. The molecule has 2 unspecified atom stereocenters. The Balaban J connectivity index is 2.09. The second kappa shape index (κ2) is 6.20. The Morgan fingerprint density at radius 3 is 2.68 bits per heavy atom. The maximum atomic E-state index is 12.9. The Kier molecular flexibility index (Phi) is 4.81. The van der Waals surface area contributed by atoms with Gasteiger partial charge in [0, 0.05) is 20.8 Å². The number of piperidine rings is 1. The van der Waals surface area contributed by atoms with Crippen LogP contribution in [0.2, 0.25) is 0 Å². The molecule has 2 atom stereocenters. The molecule has 0 bridgehead atoms. The highest BCUT2D eigenvalue weighted by Crippen LogP contribution is 2.33. The van der Waals surface area contributed by atoms with Gasteiger partial charge in [0.1, 0.15) is 0 Å². The number of likely N-dealkylation sites (N-methyl/N-ethyl adjacent to an activating group) is 1. The Morgan fingerprint density at radius 2 is 2.16 bits per heavy atom. The van der Waals surface area contributed by atoms with Crippen molar-refractivity contribution in [1.82, 2.24) is 10.2 Å². The molecule has 2 saturated heterocycles. The lowest BCUT2D eigenvalue weighted by atomic mass is 9.78. The minimum atomic E-state index is -0.350. The molecular formula is C14H26N2O3. The summed E-state index contributed by atoms with van der Waals surface area (Å²) in [6.45, 7) is 5.09. The topological polar surface area (TPSA) is 50.8 Å². The Labute approximate surface area is 115 Å². The summed E-state index contributed by atoms with van der Waals surface area (Å²) in [5.41, 5.74) is -0.350. The molecule has 19 heavy (non-hydrogen) atoms. The van der Waals surface area contributed by atoms with Crippen LogP contribution in [0.1, 0.15) is 26.2 Å². The minimum Gasteiger partial charge on any atom is -0.384 e. The summed E-state index contributed by atoms with van der Waals surface area (Å²) < 4.78 is 10.9. The molecule has 0 aromatic heterocycles. The van der Waals surface area contributed by atoms with Gasteiger partial charge in [-0.2, -0.15) is 0 Å². The number of methoxy groups -OCH3 is 1. The zero-order chi connectivity index (χ0) is 13.9. The first-order chi connectivity index (χ1) is 9.10. The lowest BCUT2D eigenvalue weighted by molar-refractivity contribution is -0.149. The Bertz CT molecular complexity index is 310. The van der Waals surface area contributed by atoms with Gasteiger partial charge in [-0.25, -0.2) is 0 Å². The molecule has 1 amide bonds. The van der Waals surface area contributed by atoms with Crippen molar-refractivity contribution in [3.8, 4) is 0 Å². The number of ether oxygens (including phenoxy) is 2. The van der Waals surface area contributed by atoms with Crippen molar-refractivity contribution in [2.75, 3.05) is 40.5 Å². The average Bonchev–Trinajstić information content (AvgIpc) is 2.85. The van der Waals surface area contributed by atoms with Gasteiger partial charge >= 0.3 is 0 Å². The summed E-state index contributed by atoms with van der Waals surface area (Å²) in [6.07, 6.45) is 2.78. The van der Waals surface area contributed by atoms with E-state index in [1.807, 2.05) is 18.9 Å². The van der Waals surface area contributed by atoms with Crippen molar-refractivity contribution in [3.05, 3.63) is 0 Å². The quantitative estimate of drug-likeness (QED) is 0.814. The lowest BCUT2D eigenvalue weighted by Crippen LogP contribution is -2.54. The van der Waals surface area contributed by atoms with Gasteiger partial charge in [0.2, 0.25) is 5.91 Å². The highest BCUT2D eigenvalue weighted by molar-refractivity contribution is 5.83. The van der Waals surface area contributed by atoms with Gasteiger partial charge < -0.3 is 19.7 Å². The van der Waals surface area contributed by atoms with Gasteiger partial charge in [-0.3, -0.25) is 4.79 Å². The van der Waals surface area contributed by atoms with E-state index in [2.05, 4.69) is 5.32 Å². The number of carbonyl (C=O) groups is 1. The summed E-state index contributed by atoms with van der Waals surface area (Å²) in [4.78, 5) is 14.8. The molecule has 0 aromatic carbocycles. The van der Waals surface area contributed by atoms with Crippen LogP contribution in [-0.2, 0) is 14.3 Å². The zero-order valence-corrected chi connectivity index (χ0v) is 12.3. The SMILES string of the molecule is COCC1(C(=O)N(C)C2CCOC2C)CCNCC1. The fraction of sp³-hybridized carbons (Fsp3) is 0.929. The zero-order valence-electron chi connectivity index (χ0n) is 12.3. The molecule has 0 radical (unpaired) electrons. The van der Waals surface area contributed by atoms with Gasteiger partial charge in [-0.1, -0.05) is 0 Å². The molecule has 0 aliphatic carbocycles. The van der Waals surface area contributed by atoms with Crippen molar-refractivity contribution < 1.29 is 14.3 Å². The van der Waals surface area contributed by atoms with Gasteiger partial charge in [-0.05, 0) is 39.3 Å². The number of nitrogens with one attached hydrogen (secondary N) is 1. The predicted molar refractivity (Wildman–Crippen MR) is 73.0 cm³/mol. The van der Waals surface area contributed by atoms with E-state index < -0.39 is 0 Å². The second-order valence-electron chi connectivity index (χ2n) is 5.81. The van der Waals surface area contributed by atoms with E-state index in [1.54, 1.807) is 7.11 Å². The number of hydrogen-bond donors (Lipinski definition) is 1. The van der Waals surface area contributed by atoms with Crippen LogP contribution < -0.4 is 5.32 Å². The van der Waals surface area contributed by atoms with E-state index in [0.717, 1.165) is 39.0 Å². The van der Waals surface area contributed by atoms with E-state index in [4.69, 9.17) is 9.47 Å². The first-order valence-electron chi connectivity index (χ1n) is 7.19. The van der Waals surface area contributed by atoms with Crippen LogP contribution in [-0.4, -0.2) is 63.4 Å². The molecule has 1 N–H and O–H groups in total. The van der Waals surface area contributed by atoms with Crippen molar-refractivity contribution >= 4 is 5.91 Å². The van der Waals surface area contributed by atoms with Gasteiger partial charge in [0.25, 0.3) is 0 Å². The number of amides is 1. The molecule has 0 aromatic rings. The van der Waals surface area contributed by atoms with Crippen LogP contribution in [0, 0.1) is 5.41 Å². The first kappa shape index (κ1) is 14.8. The standard InChI is InChI=1S/C14H26N2O3/c1-11-12(4-9-19-11)16(2)13(17)14(10-18-3)5-7-15-8-6-14/h11-12,15H,4-10H2,1-3H3. The highest BCUT2D eigenvalue weighted by atomic mass is 16.5. The van der Waals surface area contributed by atoms with Crippen molar-refractivity contribution in [2.45, 2.75) is 38.3 Å². The van der Waals surface area contributed by atoms with Crippen LogP contribution in [0.25, 0.3) is 0 Å². The highest BCUT2D eigenvalue weighted by Gasteiger charge is 2.44. The Hall–Kier alpha value is -0.650. The first-order valence-corrected chi connectivity index (χ1v) is 7.19. The number of carbonyl (C=O) groups excluding carboxylic acids is 1. The maximum Gasteiger partial charge on any atom is 0.231 e. The third-order valence-corrected chi connectivity index (χ3v) is 4.59. The molecule has 0 spiro atoms. The van der Waals surface area contributed by atoms with Crippen molar-refractivity contribution in [2.24, 2.45) is 5.41 Å². The normalized spacial score (nSPS) is 30.3. The molecule has 2 aliphatic rings. The number of nitrogens with zero attached hydrogens (tertiary/aromatic N) is 1. The summed E-state index contributed by atoms with van der Waals surface area (Å²) in [6, 6.07) is 0.205. The second-order valence-corrected chi connectivity index (χ2v) is 5.81. The van der Waals surface area contributed by atoms with E-state index in [9.17, 15) is 4.79 Å². The van der Waals surface area contributed by atoms with Gasteiger partial charge in [-0.15, -0.1) is 0 Å². The third kappa shape index (κ3) is 2.93. The molecule has 2 rings (SSSR count). The smallest absolute Gasteiger partial charge is 0.231 e. The molecule has 2 heterocycles. The minimum absolute atomic E-state index is 0.135. The Morgan fingerprint density at radius 1 is 1.47 bits per heavy atom. The molecular weight excluding hydrogens is 244 g/mol. The predicted octanol–water partition coefficient (Wildman–Crippen LogP) is 0.638. The van der Waals surface area contributed by atoms with Crippen molar-refractivity contribution in [3.63, 3.8) is 0 Å². The van der Waals surface area contributed by atoms with E-state index in [1.165, 1.54) is 0 Å². The summed E-state index contributed by atoms with van der Waals surface area (Å²) in [5.74, 6) is 0.221. The van der Waals surface area contributed by atoms with Crippen LogP contribution in [0.15, 0.2) is 0 Å². The van der Waals surface area contributed by atoms with E-state index >= 15 is 0 Å². The molecule has 2 aliphatic heterocycles.